The van der Waals surface area contributed by atoms with Crippen molar-refractivity contribution in [1.29, 1.82) is 5.26 Å². The highest BCUT2D eigenvalue weighted by atomic mass is 35.5. The Labute approximate surface area is 123 Å². The van der Waals surface area contributed by atoms with Gasteiger partial charge in [-0.05, 0) is 12.1 Å². The maximum absolute atomic E-state index is 10.6. The zero-order valence-electron chi connectivity index (χ0n) is 9.71. The van der Waals surface area contributed by atoms with Crippen LogP contribution in [0.25, 0.3) is 0 Å². The predicted molar refractivity (Wildman–Crippen MR) is 72.1 cm³/mol. The average Bonchev–Trinajstić information content (AvgIpc) is 2.37. The first-order valence-corrected chi connectivity index (χ1v) is 5.94. The lowest BCUT2D eigenvalue weighted by Gasteiger charge is -2.06. The van der Waals surface area contributed by atoms with Crippen LogP contribution >= 0.6 is 23.2 Å². The second-order valence-electron chi connectivity index (χ2n) is 3.60. The predicted octanol–water partition coefficient (Wildman–Crippen LogP) is 3.96. The molecule has 1 aromatic carbocycles. The maximum atomic E-state index is 10.6. The van der Waals surface area contributed by atoms with Crippen LogP contribution in [0.2, 0.25) is 10.2 Å². The van der Waals surface area contributed by atoms with Crippen LogP contribution in [-0.2, 0) is 0 Å². The molecule has 2 aromatic rings. The quantitative estimate of drug-likeness (QED) is 0.486. The highest BCUT2D eigenvalue weighted by molar-refractivity contribution is 6.32. The van der Waals surface area contributed by atoms with Crippen LogP contribution in [0.5, 0.6) is 11.6 Å². The summed E-state index contributed by atoms with van der Waals surface area (Å²) < 4.78 is 5.36. The molecule has 0 aliphatic heterocycles. The van der Waals surface area contributed by atoms with E-state index < -0.39 is 4.92 Å². The van der Waals surface area contributed by atoms with Crippen molar-refractivity contribution in [1.82, 2.24) is 4.98 Å². The van der Waals surface area contributed by atoms with E-state index in [1.165, 1.54) is 30.3 Å². The minimum Gasteiger partial charge on any atom is -0.439 e. The van der Waals surface area contributed by atoms with Crippen LogP contribution in [0.1, 0.15) is 5.56 Å². The van der Waals surface area contributed by atoms with E-state index >= 15 is 0 Å². The molecule has 20 heavy (non-hydrogen) atoms. The van der Waals surface area contributed by atoms with Gasteiger partial charge in [0, 0.05) is 18.2 Å². The number of aromatic nitrogens is 1. The number of benzene rings is 1. The van der Waals surface area contributed by atoms with Crippen LogP contribution in [0.4, 0.5) is 5.69 Å². The average molecular weight is 310 g/mol. The van der Waals surface area contributed by atoms with E-state index in [9.17, 15) is 10.1 Å². The van der Waals surface area contributed by atoms with Crippen molar-refractivity contribution in [2.24, 2.45) is 0 Å². The zero-order valence-corrected chi connectivity index (χ0v) is 11.2. The Morgan fingerprint density at radius 1 is 1.30 bits per heavy atom. The fraction of sp³-hybridized carbons (Fsp3) is 0. The second-order valence-corrected chi connectivity index (χ2v) is 4.40. The van der Waals surface area contributed by atoms with Gasteiger partial charge in [-0.25, -0.2) is 4.98 Å². The van der Waals surface area contributed by atoms with Gasteiger partial charge < -0.3 is 4.74 Å². The topological polar surface area (TPSA) is 89.0 Å². The number of nitro groups is 1. The molecule has 100 valence electrons. The zero-order chi connectivity index (χ0) is 14.7. The first kappa shape index (κ1) is 14.1. The van der Waals surface area contributed by atoms with Crippen LogP contribution in [-0.4, -0.2) is 9.91 Å². The number of halogens is 2. The number of hydrogen-bond acceptors (Lipinski definition) is 5. The number of hydrogen-bond donors (Lipinski definition) is 0. The Bertz CT molecular complexity index is 728. The molecule has 1 heterocycles. The molecule has 0 radical (unpaired) electrons. The summed E-state index contributed by atoms with van der Waals surface area (Å²) in [7, 11) is 0. The minimum atomic E-state index is -0.600. The third kappa shape index (κ3) is 3.15. The first-order chi connectivity index (χ1) is 9.49. The lowest BCUT2D eigenvalue weighted by molar-refractivity contribution is -0.384. The summed E-state index contributed by atoms with van der Waals surface area (Å²) in [5, 5.41) is 19.5. The summed E-state index contributed by atoms with van der Waals surface area (Å²) in [6.45, 7) is 0. The summed E-state index contributed by atoms with van der Waals surface area (Å²) in [6, 6.07) is 8.56. The number of pyridine rings is 1. The number of nitriles is 1. The van der Waals surface area contributed by atoms with Gasteiger partial charge in [0.1, 0.15) is 15.9 Å². The summed E-state index contributed by atoms with van der Waals surface area (Å²) in [5.41, 5.74) is 0.0591. The van der Waals surface area contributed by atoms with Crippen LogP contribution in [0, 0.1) is 21.4 Å². The SMILES string of the molecule is N#Cc1cc(Cl)nc(Oc2ccc([N+](=O)[O-])c(Cl)c2)c1. The summed E-state index contributed by atoms with van der Waals surface area (Å²) in [4.78, 5) is 13.9. The number of nitrogens with zero attached hydrogens (tertiary/aromatic N) is 3. The first-order valence-electron chi connectivity index (χ1n) is 5.19. The van der Waals surface area contributed by atoms with Gasteiger partial charge in [0.05, 0.1) is 16.6 Å². The molecule has 0 bridgehead atoms. The molecular weight excluding hydrogens is 305 g/mol. The van der Waals surface area contributed by atoms with Crippen molar-refractivity contribution in [3.05, 3.63) is 56.2 Å². The van der Waals surface area contributed by atoms with Crippen LogP contribution < -0.4 is 4.74 Å². The molecule has 0 unspecified atom stereocenters. The molecule has 0 saturated carbocycles. The van der Waals surface area contributed by atoms with Gasteiger partial charge in [-0.15, -0.1) is 0 Å². The van der Waals surface area contributed by atoms with Crippen molar-refractivity contribution < 1.29 is 9.66 Å². The van der Waals surface area contributed by atoms with Gasteiger partial charge in [-0.1, -0.05) is 23.2 Å². The number of ether oxygens (including phenoxy) is 1. The number of rotatable bonds is 3. The van der Waals surface area contributed by atoms with E-state index in [2.05, 4.69) is 4.98 Å². The van der Waals surface area contributed by atoms with E-state index in [-0.39, 0.29) is 33.1 Å². The molecule has 0 fully saturated rings. The van der Waals surface area contributed by atoms with E-state index in [0.717, 1.165) is 0 Å². The molecule has 2 rings (SSSR count). The van der Waals surface area contributed by atoms with Gasteiger partial charge in [0.2, 0.25) is 5.88 Å². The minimum absolute atomic E-state index is 0.0602. The Kier molecular flexibility index (Phi) is 4.03. The van der Waals surface area contributed by atoms with Crippen molar-refractivity contribution >= 4 is 28.9 Å². The van der Waals surface area contributed by atoms with Gasteiger partial charge in [0.15, 0.2) is 0 Å². The maximum Gasteiger partial charge on any atom is 0.288 e. The molecule has 0 spiro atoms. The fourth-order valence-electron chi connectivity index (χ4n) is 1.41. The molecule has 1 aromatic heterocycles. The van der Waals surface area contributed by atoms with Crippen molar-refractivity contribution in [3.63, 3.8) is 0 Å². The summed E-state index contributed by atoms with van der Waals surface area (Å²) in [6.07, 6.45) is 0. The molecule has 0 N–H and O–H groups in total. The monoisotopic (exact) mass is 309 g/mol. The molecule has 0 aliphatic rings. The highest BCUT2D eigenvalue weighted by Crippen LogP contribution is 2.31. The normalized spacial score (nSPS) is 9.85. The Morgan fingerprint density at radius 2 is 2.05 bits per heavy atom. The molecule has 0 saturated heterocycles. The van der Waals surface area contributed by atoms with Gasteiger partial charge in [-0.3, -0.25) is 10.1 Å². The van der Waals surface area contributed by atoms with Crippen LogP contribution in [0.15, 0.2) is 30.3 Å². The van der Waals surface area contributed by atoms with Gasteiger partial charge >= 0.3 is 0 Å². The largest absolute Gasteiger partial charge is 0.439 e. The van der Waals surface area contributed by atoms with Gasteiger partial charge in [-0.2, -0.15) is 5.26 Å². The Morgan fingerprint density at radius 3 is 2.65 bits per heavy atom. The van der Waals surface area contributed by atoms with E-state index in [4.69, 9.17) is 33.2 Å². The lowest BCUT2D eigenvalue weighted by atomic mass is 10.3. The molecule has 0 aliphatic carbocycles. The third-order valence-corrected chi connectivity index (χ3v) is 2.73. The lowest BCUT2D eigenvalue weighted by Crippen LogP contribution is -1.92. The standard InChI is InChI=1S/C12H5Cl2N3O3/c13-9-5-8(1-2-10(9)17(18)19)20-12-4-7(6-15)3-11(14)16-12/h1-5H. The Hall–Kier alpha value is -2.36. The number of nitro benzene ring substituents is 1. The molecule has 8 heteroatoms. The van der Waals surface area contributed by atoms with Crippen molar-refractivity contribution in [2.75, 3.05) is 0 Å². The van der Waals surface area contributed by atoms with Gasteiger partial charge in [0.25, 0.3) is 5.69 Å². The smallest absolute Gasteiger partial charge is 0.288 e. The third-order valence-electron chi connectivity index (χ3n) is 2.24. The van der Waals surface area contributed by atoms with E-state index in [0.29, 0.717) is 0 Å². The second kappa shape index (κ2) is 5.74. The molecule has 0 amide bonds. The highest BCUT2D eigenvalue weighted by Gasteiger charge is 2.13. The fourth-order valence-corrected chi connectivity index (χ4v) is 1.85. The molecule has 6 nitrogen and oxygen atoms in total. The van der Waals surface area contributed by atoms with E-state index in [1.54, 1.807) is 0 Å². The summed E-state index contributed by atoms with van der Waals surface area (Å²) >= 11 is 11.5. The molecule has 0 atom stereocenters. The van der Waals surface area contributed by atoms with E-state index in [1.807, 2.05) is 6.07 Å². The molecular formula is C12H5Cl2N3O3. The van der Waals surface area contributed by atoms with Crippen molar-refractivity contribution in [2.45, 2.75) is 0 Å². The van der Waals surface area contributed by atoms with Crippen LogP contribution in [0.3, 0.4) is 0 Å². The Balaban J connectivity index is 2.31. The summed E-state index contributed by atoms with van der Waals surface area (Å²) in [5.74, 6) is 0.346. The van der Waals surface area contributed by atoms with Crippen molar-refractivity contribution in [3.8, 4) is 17.7 Å².